The van der Waals surface area contributed by atoms with Gasteiger partial charge in [0.15, 0.2) is 5.82 Å². The number of hydrogen-bond donors (Lipinski definition) is 1. The minimum absolute atomic E-state index is 0.120. The zero-order chi connectivity index (χ0) is 18.0. The summed E-state index contributed by atoms with van der Waals surface area (Å²) in [4.78, 5) is 25.0. The first kappa shape index (κ1) is 16.8. The van der Waals surface area contributed by atoms with Crippen molar-refractivity contribution in [1.29, 1.82) is 0 Å². The zero-order valence-corrected chi connectivity index (χ0v) is 14.9. The van der Waals surface area contributed by atoms with Crippen LogP contribution in [0.25, 0.3) is 10.9 Å². The summed E-state index contributed by atoms with van der Waals surface area (Å²) in [6, 6.07) is 9.99. The van der Waals surface area contributed by atoms with Gasteiger partial charge in [-0.1, -0.05) is 18.2 Å². The predicted molar refractivity (Wildman–Crippen MR) is 101 cm³/mol. The number of fused-ring (bicyclic) bond motifs is 1. The van der Waals surface area contributed by atoms with Crippen molar-refractivity contribution >= 4 is 34.3 Å². The molecule has 0 unspecified atom stereocenters. The van der Waals surface area contributed by atoms with Gasteiger partial charge >= 0.3 is 0 Å². The van der Waals surface area contributed by atoms with Crippen molar-refractivity contribution < 1.29 is 4.79 Å². The maximum atomic E-state index is 12.5. The number of aromatic nitrogens is 3. The molecule has 0 saturated carbocycles. The van der Waals surface area contributed by atoms with Crippen LogP contribution in [0.4, 0.5) is 17.5 Å². The van der Waals surface area contributed by atoms with E-state index in [0.29, 0.717) is 17.5 Å². The number of benzene rings is 1. The van der Waals surface area contributed by atoms with E-state index in [1.54, 1.807) is 6.20 Å². The second-order valence-corrected chi connectivity index (χ2v) is 6.25. The molecule has 0 atom stereocenters. The molecule has 2 aromatic heterocycles. The minimum Gasteiger partial charge on any atom is -0.361 e. The summed E-state index contributed by atoms with van der Waals surface area (Å²) in [6.45, 7) is 0.232. The predicted octanol–water partition coefficient (Wildman–Crippen LogP) is 2.20. The van der Waals surface area contributed by atoms with Gasteiger partial charge in [0.2, 0.25) is 11.9 Å². The van der Waals surface area contributed by atoms with Crippen LogP contribution in [-0.2, 0) is 11.3 Å². The highest BCUT2D eigenvalue weighted by molar-refractivity contribution is 5.94. The lowest BCUT2D eigenvalue weighted by Gasteiger charge is -2.19. The number of carbonyl (C=O) groups excluding carboxylic acids is 1. The molecule has 3 aromatic rings. The number of amides is 1. The highest BCUT2D eigenvalue weighted by Gasteiger charge is 2.14. The summed E-state index contributed by atoms with van der Waals surface area (Å²) in [6.07, 6.45) is 3.56. The fraction of sp³-hybridized carbons (Fsp3) is 0.278. The molecule has 1 aromatic carbocycles. The SMILES string of the molecule is CN(C)c1ncc(NC(=O)Cn2ccc3ccccc32)c(N(C)C)n1. The second kappa shape index (κ2) is 6.80. The van der Waals surface area contributed by atoms with Gasteiger partial charge in [-0.2, -0.15) is 4.98 Å². The van der Waals surface area contributed by atoms with Gasteiger partial charge in [-0.3, -0.25) is 4.79 Å². The lowest BCUT2D eigenvalue weighted by Crippen LogP contribution is -2.23. The first-order valence-corrected chi connectivity index (χ1v) is 8.01. The Hall–Kier alpha value is -3.09. The molecule has 1 N–H and O–H groups in total. The van der Waals surface area contributed by atoms with Crippen LogP contribution in [-0.4, -0.2) is 48.6 Å². The Labute approximate surface area is 146 Å². The Morgan fingerprint density at radius 2 is 1.88 bits per heavy atom. The van der Waals surface area contributed by atoms with Crippen molar-refractivity contribution in [3.05, 3.63) is 42.7 Å². The third kappa shape index (κ3) is 3.55. The van der Waals surface area contributed by atoms with Crippen molar-refractivity contribution in [2.45, 2.75) is 6.54 Å². The van der Waals surface area contributed by atoms with Crippen molar-refractivity contribution in [2.24, 2.45) is 0 Å². The van der Waals surface area contributed by atoms with Gasteiger partial charge in [0, 0.05) is 39.9 Å². The van der Waals surface area contributed by atoms with Gasteiger partial charge in [0.05, 0.1) is 6.20 Å². The molecule has 0 spiro atoms. The van der Waals surface area contributed by atoms with Crippen LogP contribution >= 0.6 is 0 Å². The molecular weight excluding hydrogens is 316 g/mol. The topological polar surface area (TPSA) is 66.3 Å². The molecule has 7 heteroatoms. The summed E-state index contributed by atoms with van der Waals surface area (Å²) in [5, 5.41) is 4.03. The van der Waals surface area contributed by atoms with Crippen LogP contribution in [0.2, 0.25) is 0 Å². The molecule has 130 valence electrons. The third-order valence-electron chi connectivity index (χ3n) is 3.85. The summed E-state index contributed by atoms with van der Waals surface area (Å²) in [7, 11) is 7.53. The molecule has 7 nitrogen and oxygen atoms in total. The van der Waals surface area contributed by atoms with Crippen molar-refractivity contribution in [1.82, 2.24) is 14.5 Å². The van der Waals surface area contributed by atoms with Gasteiger partial charge in [-0.25, -0.2) is 4.98 Å². The van der Waals surface area contributed by atoms with Crippen molar-refractivity contribution in [3.63, 3.8) is 0 Å². The van der Waals surface area contributed by atoms with Crippen molar-refractivity contribution in [2.75, 3.05) is 43.3 Å². The standard InChI is InChI=1S/C18H22N6O/c1-22(2)17-14(11-19-18(21-17)23(3)4)20-16(25)12-24-10-9-13-7-5-6-8-15(13)24/h5-11H,12H2,1-4H3,(H,20,25). The van der Waals surface area contributed by atoms with Gasteiger partial charge in [0.1, 0.15) is 12.2 Å². The van der Waals surface area contributed by atoms with Gasteiger partial charge in [-0.05, 0) is 17.5 Å². The van der Waals surface area contributed by atoms with E-state index in [-0.39, 0.29) is 12.5 Å². The molecule has 0 saturated heterocycles. The molecule has 0 radical (unpaired) electrons. The Morgan fingerprint density at radius 1 is 1.12 bits per heavy atom. The molecule has 0 aliphatic rings. The molecular formula is C18H22N6O. The van der Waals surface area contributed by atoms with E-state index >= 15 is 0 Å². The smallest absolute Gasteiger partial charge is 0.244 e. The largest absolute Gasteiger partial charge is 0.361 e. The van der Waals surface area contributed by atoms with E-state index in [1.807, 2.05) is 79.1 Å². The number of para-hydroxylation sites is 1. The number of hydrogen-bond acceptors (Lipinski definition) is 5. The van der Waals surface area contributed by atoms with E-state index < -0.39 is 0 Å². The zero-order valence-electron chi connectivity index (χ0n) is 14.9. The van der Waals surface area contributed by atoms with E-state index in [0.717, 1.165) is 10.9 Å². The Bertz CT molecular complexity index is 899. The first-order chi connectivity index (χ1) is 12.0. The Kier molecular flexibility index (Phi) is 4.56. The van der Waals surface area contributed by atoms with E-state index in [2.05, 4.69) is 15.3 Å². The van der Waals surface area contributed by atoms with Crippen LogP contribution in [0, 0.1) is 0 Å². The molecule has 0 aliphatic carbocycles. The molecule has 2 heterocycles. The molecule has 0 aliphatic heterocycles. The Balaban J connectivity index is 1.81. The summed E-state index contributed by atoms with van der Waals surface area (Å²) < 4.78 is 1.93. The van der Waals surface area contributed by atoms with Crippen LogP contribution in [0.3, 0.4) is 0 Å². The third-order valence-corrected chi connectivity index (χ3v) is 3.85. The number of nitrogens with one attached hydrogen (secondary N) is 1. The number of anilines is 3. The maximum Gasteiger partial charge on any atom is 0.244 e. The van der Waals surface area contributed by atoms with Crippen LogP contribution in [0.15, 0.2) is 42.7 Å². The average Bonchev–Trinajstić information content (AvgIpc) is 2.98. The van der Waals surface area contributed by atoms with E-state index in [9.17, 15) is 4.79 Å². The summed E-state index contributed by atoms with van der Waals surface area (Å²) in [5.41, 5.74) is 1.63. The quantitative estimate of drug-likeness (QED) is 0.772. The lowest BCUT2D eigenvalue weighted by molar-refractivity contribution is -0.116. The van der Waals surface area contributed by atoms with Gasteiger partial charge in [-0.15, -0.1) is 0 Å². The number of carbonyl (C=O) groups is 1. The highest BCUT2D eigenvalue weighted by atomic mass is 16.2. The fourth-order valence-corrected chi connectivity index (χ4v) is 2.63. The monoisotopic (exact) mass is 338 g/mol. The van der Waals surface area contributed by atoms with Crippen LogP contribution < -0.4 is 15.1 Å². The van der Waals surface area contributed by atoms with Gasteiger partial charge < -0.3 is 19.7 Å². The second-order valence-electron chi connectivity index (χ2n) is 6.25. The minimum atomic E-state index is -0.120. The molecule has 0 fully saturated rings. The lowest BCUT2D eigenvalue weighted by atomic mass is 10.2. The van der Waals surface area contributed by atoms with Crippen LogP contribution in [0.5, 0.6) is 0 Å². The normalized spacial score (nSPS) is 10.7. The molecule has 25 heavy (non-hydrogen) atoms. The molecule has 1 amide bonds. The highest BCUT2D eigenvalue weighted by Crippen LogP contribution is 2.23. The fourth-order valence-electron chi connectivity index (χ4n) is 2.63. The maximum absolute atomic E-state index is 12.5. The molecule has 0 bridgehead atoms. The van der Waals surface area contributed by atoms with Gasteiger partial charge in [0.25, 0.3) is 0 Å². The summed E-state index contributed by atoms with van der Waals surface area (Å²) >= 11 is 0. The van der Waals surface area contributed by atoms with E-state index in [1.165, 1.54) is 0 Å². The van der Waals surface area contributed by atoms with E-state index in [4.69, 9.17) is 0 Å². The number of nitrogens with zero attached hydrogens (tertiary/aromatic N) is 5. The van der Waals surface area contributed by atoms with Crippen molar-refractivity contribution in [3.8, 4) is 0 Å². The number of rotatable bonds is 5. The summed E-state index contributed by atoms with van der Waals surface area (Å²) in [5.74, 6) is 1.15. The average molecular weight is 338 g/mol. The molecule has 3 rings (SSSR count). The first-order valence-electron chi connectivity index (χ1n) is 8.01. The van der Waals surface area contributed by atoms with Crippen LogP contribution in [0.1, 0.15) is 0 Å². The Morgan fingerprint density at radius 3 is 2.60 bits per heavy atom.